The minimum absolute atomic E-state index is 0.0416. The van der Waals surface area contributed by atoms with E-state index >= 15 is 0 Å². The molecule has 1 atom stereocenters. The van der Waals surface area contributed by atoms with E-state index in [-0.39, 0.29) is 12.5 Å². The molecule has 0 aromatic rings. The number of nitrogens with one attached hydrogen (secondary N) is 1. The van der Waals surface area contributed by atoms with Crippen LogP contribution in [-0.2, 0) is 9.59 Å². The molecule has 0 aromatic carbocycles. The standard InChI is InChI=1S/C7H13NO3/c1-5(2)6(7(10)11)3-8-4-9/h4-6H,3H2,1-2H3,(H,8,9)(H,10,11). The summed E-state index contributed by atoms with van der Waals surface area (Å²) in [5, 5.41) is 11.0. The number of carbonyl (C=O) groups excluding carboxylic acids is 1. The van der Waals surface area contributed by atoms with Gasteiger partial charge in [0.25, 0.3) is 0 Å². The Morgan fingerprint density at radius 1 is 1.64 bits per heavy atom. The number of amides is 1. The molecule has 64 valence electrons. The molecule has 0 aromatic heterocycles. The fraction of sp³-hybridized carbons (Fsp3) is 0.714. The number of rotatable bonds is 5. The Labute approximate surface area is 65.6 Å². The van der Waals surface area contributed by atoms with Gasteiger partial charge in [-0.3, -0.25) is 9.59 Å². The van der Waals surface area contributed by atoms with Crippen molar-refractivity contribution in [1.29, 1.82) is 0 Å². The molecule has 0 heterocycles. The Morgan fingerprint density at radius 2 is 2.18 bits per heavy atom. The summed E-state index contributed by atoms with van der Waals surface area (Å²) in [5.74, 6) is -1.31. The summed E-state index contributed by atoms with van der Waals surface area (Å²) in [7, 11) is 0. The molecule has 1 amide bonds. The van der Waals surface area contributed by atoms with E-state index in [2.05, 4.69) is 5.32 Å². The van der Waals surface area contributed by atoms with Crippen molar-refractivity contribution >= 4 is 12.4 Å². The van der Waals surface area contributed by atoms with Gasteiger partial charge in [-0.15, -0.1) is 0 Å². The van der Waals surface area contributed by atoms with Gasteiger partial charge in [-0.05, 0) is 5.92 Å². The van der Waals surface area contributed by atoms with Crippen LogP contribution in [0.1, 0.15) is 13.8 Å². The van der Waals surface area contributed by atoms with Crippen LogP contribution in [0.25, 0.3) is 0 Å². The predicted octanol–water partition coefficient (Wildman–Crippen LogP) is 0.0892. The third-order valence-corrected chi connectivity index (χ3v) is 1.54. The molecule has 0 saturated heterocycles. The molecule has 1 unspecified atom stereocenters. The summed E-state index contributed by atoms with van der Waals surface area (Å²) in [4.78, 5) is 20.3. The highest BCUT2D eigenvalue weighted by Gasteiger charge is 2.20. The zero-order chi connectivity index (χ0) is 8.85. The predicted molar refractivity (Wildman–Crippen MR) is 40.0 cm³/mol. The van der Waals surface area contributed by atoms with Gasteiger partial charge in [0.1, 0.15) is 0 Å². The molecule has 4 nitrogen and oxygen atoms in total. The molecule has 0 saturated carbocycles. The summed E-state index contributed by atoms with van der Waals surface area (Å²) in [5.41, 5.74) is 0. The Kier molecular flexibility index (Phi) is 4.26. The van der Waals surface area contributed by atoms with Gasteiger partial charge in [-0.25, -0.2) is 0 Å². The van der Waals surface area contributed by atoms with Crippen LogP contribution in [0.2, 0.25) is 0 Å². The van der Waals surface area contributed by atoms with Gasteiger partial charge in [0, 0.05) is 6.54 Å². The highest BCUT2D eigenvalue weighted by Crippen LogP contribution is 2.08. The van der Waals surface area contributed by atoms with Crippen molar-refractivity contribution in [2.75, 3.05) is 6.54 Å². The van der Waals surface area contributed by atoms with E-state index in [1.165, 1.54) is 0 Å². The average Bonchev–Trinajstić information content (AvgIpc) is 1.87. The Morgan fingerprint density at radius 3 is 2.45 bits per heavy atom. The number of carboxylic acid groups (broad SMARTS) is 1. The van der Waals surface area contributed by atoms with Crippen molar-refractivity contribution < 1.29 is 14.7 Å². The van der Waals surface area contributed by atoms with Crippen molar-refractivity contribution in [3.63, 3.8) is 0 Å². The maximum absolute atomic E-state index is 10.5. The monoisotopic (exact) mass is 159 g/mol. The molecule has 0 bridgehead atoms. The summed E-state index contributed by atoms with van der Waals surface area (Å²) in [6, 6.07) is 0. The number of carbonyl (C=O) groups is 2. The summed E-state index contributed by atoms with van der Waals surface area (Å²) in [6.45, 7) is 3.83. The van der Waals surface area contributed by atoms with Gasteiger partial charge in [0.15, 0.2) is 0 Å². The third kappa shape index (κ3) is 3.60. The Hall–Kier alpha value is -1.06. The van der Waals surface area contributed by atoms with Crippen LogP contribution in [0.3, 0.4) is 0 Å². The second-order valence-corrected chi connectivity index (χ2v) is 2.71. The van der Waals surface area contributed by atoms with Crippen LogP contribution < -0.4 is 5.32 Å². The molecule has 4 heteroatoms. The molecule has 11 heavy (non-hydrogen) atoms. The lowest BCUT2D eigenvalue weighted by Crippen LogP contribution is -2.31. The van der Waals surface area contributed by atoms with Crippen molar-refractivity contribution in [1.82, 2.24) is 5.32 Å². The van der Waals surface area contributed by atoms with Crippen LogP contribution in [0, 0.1) is 11.8 Å². The minimum atomic E-state index is -0.866. The number of carboxylic acids is 1. The zero-order valence-electron chi connectivity index (χ0n) is 6.70. The molecule has 0 aliphatic heterocycles. The first kappa shape index (κ1) is 9.94. The second-order valence-electron chi connectivity index (χ2n) is 2.71. The van der Waals surface area contributed by atoms with Crippen LogP contribution in [0.15, 0.2) is 0 Å². The topological polar surface area (TPSA) is 66.4 Å². The molecule has 0 rings (SSSR count). The molecular weight excluding hydrogens is 146 g/mol. The highest BCUT2D eigenvalue weighted by molar-refractivity contribution is 5.71. The quantitative estimate of drug-likeness (QED) is 0.559. The molecule has 2 N–H and O–H groups in total. The van der Waals surface area contributed by atoms with Crippen molar-refractivity contribution in [2.45, 2.75) is 13.8 Å². The largest absolute Gasteiger partial charge is 0.481 e. The van der Waals surface area contributed by atoms with Gasteiger partial charge < -0.3 is 10.4 Å². The molecule has 0 radical (unpaired) electrons. The third-order valence-electron chi connectivity index (χ3n) is 1.54. The zero-order valence-corrected chi connectivity index (χ0v) is 6.70. The highest BCUT2D eigenvalue weighted by atomic mass is 16.4. The van der Waals surface area contributed by atoms with E-state index in [1.807, 2.05) is 13.8 Å². The van der Waals surface area contributed by atoms with Crippen LogP contribution in [0.5, 0.6) is 0 Å². The fourth-order valence-electron chi connectivity index (χ4n) is 0.783. The van der Waals surface area contributed by atoms with E-state index in [1.54, 1.807) is 0 Å². The summed E-state index contributed by atoms with van der Waals surface area (Å²) in [6.07, 6.45) is 0.512. The van der Waals surface area contributed by atoms with E-state index in [0.717, 1.165) is 0 Å². The SMILES string of the molecule is CC(C)C(CNC=O)C(=O)O. The lowest BCUT2D eigenvalue weighted by atomic mass is 9.96. The maximum atomic E-state index is 10.5. The lowest BCUT2D eigenvalue weighted by molar-refractivity contribution is -0.143. The normalized spacial score (nSPS) is 12.6. The summed E-state index contributed by atoms with van der Waals surface area (Å²) >= 11 is 0. The smallest absolute Gasteiger partial charge is 0.308 e. The molecule has 0 aliphatic carbocycles. The van der Waals surface area contributed by atoms with Crippen molar-refractivity contribution in [3.05, 3.63) is 0 Å². The first-order chi connectivity index (χ1) is 5.09. The Balaban J connectivity index is 3.89. The van der Waals surface area contributed by atoms with E-state index in [4.69, 9.17) is 5.11 Å². The van der Waals surface area contributed by atoms with Crippen LogP contribution in [-0.4, -0.2) is 24.0 Å². The fourth-order valence-corrected chi connectivity index (χ4v) is 0.783. The van der Waals surface area contributed by atoms with Gasteiger partial charge in [-0.1, -0.05) is 13.8 Å². The van der Waals surface area contributed by atoms with Crippen LogP contribution >= 0.6 is 0 Å². The molecule has 0 fully saturated rings. The minimum Gasteiger partial charge on any atom is -0.481 e. The van der Waals surface area contributed by atoms with Gasteiger partial charge in [-0.2, -0.15) is 0 Å². The lowest BCUT2D eigenvalue weighted by Gasteiger charge is -2.14. The van der Waals surface area contributed by atoms with Gasteiger partial charge in [0.05, 0.1) is 5.92 Å². The number of hydrogen-bond donors (Lipinski definition) is 2. The Bertz CT molecular complexity index is 145. The molecular formula is C7H13NO3. The average molecular weight is 159 g/mol. The van der Waals surface area contributed by atoms with Crippen LogP contribution in [0.4, 0.5) is 0 Å². The number of aliphatic carboxylic acids is 1. The second kappa shape index (κ2) is 4.71. The van der Waals surface area contributed by atoms with E-state index in [9.17, 15) is 9.59 Å². The first-order valence-corrected chi connectivity index (χ1v) is 3.49. The van der Waals surface area contributed by atoms with Crippen molar-refractivity contribution in [2.24, 2.45) is 11.8 Å². The molecule has 0 spiro atoms. The maximum Gasteiger partial charge on any atom is 0.308 e. The van der Waals surface area contributed by atoms with Gasteiger partial charge in [0.2, 0.25) is 6.41 Å². The molecule has 0 aliphatic rings. The van der Waals surface area contributed by atoms with Crippen molar-refractivity contribution in [3.8, 4) is 0 Å². The van der Waals surface area contributed by atoms with E-state index in [0.29, 0.717) is 6.41 Å². The van der Waals surface area contributed by atoms with Gasteiger partial charge >= 0.3 is 5.97 Å². The van der Waals surface area contributed by atoms with E-state index < -0.39 is 11.9 Å². The summed E-state index contributed by atoms with van der Waals surface area (Å²) < 4.78 is 0. The first-order valence-electron chi connectivity index (χ1n) is 3.49. The number of hydrogen-bond acceptors (Lipinski definition) is 2.